The van der Waals surface area contributed by atoms with Gasteiger partial charge in [-0.05, 0) is 43.7 Å². The second kappa shape index (κ2) is 3.63. The average molecular weight is 242 g/mol. The Morgan fingerprint density at radius 2 is 2.06 bits per heavy atom. The van der Waals surface area contributed by atoms with Gasteiger partial charge in [-0.15, -0.1) is 0 Å². The number of hydrogen-bond acceptors (Lipinski definition) is 2. The highest BCUT2D eigenvalue weighted by Crippen LogP contribution is 2.37. The molecule has 0 spiro atoms. The number of ether oxygens (including phenoxy) is 1. The average Bonchev–Trinajstić information content (AvgIpc) is 2.81. The first-order valence-corrected chi connectivity index (χ1v) is 5.84. The summed E-state index contributed by atoms with van der Waals surface area (Å²) in [7, 11) is 0. The fraction of sp³-hybridized carbons (Fsp3) is 0.214. The van der Waals surface area contributed by atoms with E-state index in [0.717, 1.165) is 22.5 Å². The number of anilines is 1. The summed E-state index contributed by atoms with van der Waals surface area (Å²) in [5.74, 6) is 0. The molecule has 0 bridgehead atoms. The molecule has 3 rings (SSSR count). The quantitative estimate of drug-likeness (QED) is 0.804. The van der Waals surface area contributed by atoms with Gasteiger partial charge in [-0.25, -0.2) is 4.79 Å². The van der Waals surface area contributed by atoms with Crippen LogP contribution < -0.4 is 5.32 Å². The highest BCUT2D eigenvalue weighted by molar-refractivity contribution is 5.89. The summed E-state index contributed by atoms with van der Waals surface area (Å²) in [5.41, 5.74) is 3.30. The topological polar surface area (TPSA) is 54.1 Å². The number of hydrogen-bond donors (Lipinski definition) is 2. The molecule has 2 heterocycles. The first kappa shape index (κ1) is 10.9. The molecule has 1 aliphatic heterocycles. The Balaban J connectivity index is 2.13. The van der Waals surface area contributed by atoms with Crippen molar-refractivity contribution in [3.05, 3.63) is 42.1 Å². The first-order valence-electron chi connectivity index (χ1n) is 5.84. The van der Waals surface area contributed by atoms with E-state index in [4.69, 9.17) is 4.74 Å². The number of aromatic nitrogens is 1. The molecule has 1 amide bonds. The number of rotatable bonds is 1. The van der Waals surface area contributed by atoms with Gasteiger partial charge in [0.05, 0.1) is 5.69 Å². The zero-order chi connectivity index (χ0) is 12.8. The van der Waals surface area contributed by atoms with Crippen molar-refractivity contribution in [2.75, 3.05) is 5.32 Å². The van der Waals surface area contributed by atoms with Gasteiger partial charge in [0.15, 0.2) is 0 Å². The molecular formula is C14H14N2O2. The maximum absolute atomic E-state index is 11.4. The smallest absolute Gasteiger partial charge is 0.412 e. The van der Waals surface area contributed by atoms with Crippen molar-refractivity contribution in [2.24, 2.45) is 0 Å². The van der Waals surface area contributed by atoms with Crippen LogP contribution in [0.1, 0.15) is 19.4 Å². The fourth-order valence-electron chi connectivity index (χ4n) is 2.25. The number of amides is 1. The molecule has 1 aromatic carbocycles. The summed E-state index contributed by atoms with van der Waals surface area (Å²) in [6.45, 7) is 3.78. The van der Waals surface area contributed by atoms with Crippen LogP contribution in [0.3, 0.4) is 0 Å². The van der Waals surface area contributed by atoms with Crippen molar-refractivity contribution in [1.29, 1.82) is 0 Å². The Morgan fingerprint density at radius 3 is 2.78 bits per heavy atom. The molecule has 0 atom stereocenters. The van der Waals surface area contributed by atoms with Gasteiger partial charge >= 0.3 is 6.09 Å². The molecule has 0 saturated heterocycles. The number of cyclic esters (lactones) is 1. The summed E-state index contributed by atoms with van der Waals surface area (Å²) in [6, 6.07) is 9.90. The van der Waals surface area contributed by atoms with Crippen LogP contribution in [0.25, 0.3) is 11.3 Å². The fourth-order valence-corrected chi connectivity index (χ4v) is 2.25. The third-order valence-corrected chi connectivity index (χ3v) is 3.16. The van der Waals surface area contributed by atoms with Gasteiger partial charge < -0.3 is 9.72 Å². The van der Waals surface area contributed by atoms with Crippen LogP contribution in [0.15, 0.2) is 36.5 Å². The summed E-state index contributed by atoms with van der Waals surface area (Å²) in [5, 5.41) is 2.72. The molecule has 0 aliphatic carbocycles. The van der Waals surface area contributed by atoms with E-state index in [2.05, 4.69) is 10.3 Å². The Hall–Kier alpha value is -2.23. The van der Waals surface area contributed by atoms with Crippen LogP contribution >= 0.6 is 0 Å². The number of benzene rings is 1. The monoisotopic (exact) mass is 242 g/mol. The van der Waals surface area contributed by atoms with Gasteiger partial charge in [0.2, 0.25) is 0 Å². The molecule has 2 N–H and O–H groups in total. The van der Waals surface area contributed by atoms with Crippen LogP contribution in [0.5, 0.6) is 0 Å². The van der Waals surface area contributed by atoms with Gasteiger partial charge in [0.1, 0.15) is 5.60 Å². The predicted molar refractivity (Wildman–Crippen MR) is 69.4 cm³/mol. The van der Waals surface area contributed by atoms with E-state index in [1.54, 1.807) is 0 Å². The second-order valence-electron chi connectivity index (χ2n) is 4.87. The van der Waals surface area contributed by atoms with Crippen molar-refractivity contribution in [3.8, 4) is 11.3 Å². The lowest BCUT2D eigenvalue weighted by molar-refractivity contribution is 0.0421. The third-order valence-electron chi connectivity index (χ3n) is 3.16. The molecule has 4 heteroatoms. The number of carbonyl (C=O) groups excluding carboxylic acids is 1. The molecule has 0 fully saturated rings. The number of fused-ring (bicyclic) bond motifs is 1. The zero-order valence-electron chi connectivity index (χ0n) is 10.3. The molecule has 1 aromatic heterocycles. The van der Waals surface area contributed by atoms with E-state index in [1.807, 2.05) is 50.4 Å². The standard InChI is InChI=1S/C14H14N2O2/c1-14(2)10-8-9(11-4-3-7-15-11)5-6-12(10)16-13(17)18-14/h3-8,15H,1-2H3,(H,16,17). The van der Waals surface area contributed by atoms with Crippen LogP contribution in [-0.4, -0.2) is 11.1 Å². The summed E-state index contributed by atoms with van der Waals surface area (Å²) in [6.07, 6.45) is 1.48. The van der Waals surface area contributed by atoms with E-state index < -0.39 is 11.7 Å². The molecule has 0 radical (unpaired) electrons. The van der Waals surface area contributed by atoms with E-state index in [9.17, 15) is 4.79 Å². The minimum absolute atomic E-state index is 0.403. The third kappa shape index (κ3) is 1.66. The molecule has 92 valence electrons. The van der Waals surface area contributed by atoms with Crippen LogP contribution in [0.2, 0.25) is 0 Å². The molecule has 2 aromatic rings. The Bertz CT molecular complexity index is 600. The maximum Gasteiger partial charge on any atom is 0.412 e. The molecule has 4 nitrogen and oxygen atoms in total. The normalized spacial score (nSPS) is 16.7. The lowest BCUT2D eigenvalue weighted by atomic mass is 9.92. The van der Waals surface area contributed by atoms with Crippen LogP contribution in [0, 0.1) is 0 Å². The van der Waals surface area contributed by atoms with Crippen molar-refractivity contribution in [3.63, 3.8) is 0 Å². The van der Waals surface area contributed by atoms with E-state index >= 15 is 0 Å². The molecule has 1 aliphatic rings. The van der Waals surface area contributed by atoms with Crippen molar-refractivity contribution < 1.29 is 9.53 Å². The van der Waals surface area contributed by atoms with Crippen molar-refractivity contribution in [2.45, 2.75) is 19.4 Å². The van der Waals surface area contributed by atoms with E-state index in [-0.39, 0.29) is 0 Å². The molecule has 0 unspecified atom stereocenters. The van der Waals surface area contributed by atoms with E-state index in [1.165, 1.54) is 0 Å². The predicted octanol–water partition coefficient (Wildman–Crippen LogP) is 3.48. The Morgan fingerprint density at radius 1 is 1.22 bits per heavy atom. The number of nitrogens with one attached hydrogen (secondary N) is 2. The van der Waals surface area contributed by atoms with E-state index in [0.29, 0.717) is 0 Å². The number of aromatic amines is 1. The maximum atomic E-state index is 11.4. The summed E-state index contributed by atoms with van der Waals surface area (Å²) < 4.78 is 5.31. The minimum Gasteiger partial charge on any atom is -0.438 e. The Kier molecular flexibility index (Phi) is 2.20. The van der Waals surface area contributed by atoms with Crippen LogP contribution in [0.4, 0.5) is 10.5 Å². The lowest BCUT2D eigenvalue weighted by Gasteiger charge is -2.32. The number of H-pyrrole nitrogens is 1. The second-order valence-corrected chi connectivity index (χ2v) is 4.87. The minimum atomic E-state index is -0.611. The van der Waals surface area contributed by atoms with Crippen molar-refractivity contribution >= 4 is 11.8 Å². The summed E-state index contributed by atoms with van der Waals surface area (Å²) >= 11 is 0. The highest BCUT2D eigenvalue weighted by Gasteiger charge is 2.33. The Labute approximate surface area is 105 Å². The van der Waals surface area contributed by atoms with Crippen molar-refractivity contribution in [1.82, 2.24) is 4.98 Å². The molecular weight excluding hydrogens is 228 g/mol. The number of carbonyl (C=O) groups is 1. The largest absolute Gasteiger partial charge is 0.438 e. The highest BCUT2D eigenvalue weighted by atomic mass is 16.6. The molecule has 18 heavy (non-hydrogen) atoms. The van der Waals surface area contributed by atoms with Crippen LogP contribution in [-0.2, 0) is 10.3 Å². The molecule has 0 saturated carbocycles. The van der Waals surface area contributed by atoms with Gasteiger partial charge in [0, 0.05) is 17.5 Å². The van der Waals surface area contributed by atoms with Gasteiger partial charge in [-0.2, -0.15) is 0 Å². The van der Waals surface area contributed by atoms with Gasteiger partial charge in [0.25, 0.3) is 0 Å². The SMILES string of the molecule is CC1(C)OC(=O)Nc2ccc(-c3ccc[nH]3)cc21. The van der Waals surface area contributed by atoms with Gasteiger partial charge in [-0.1, -0.05) is 6.07 Å². The summed E-state index contributed by atoms with van der Waals surface area (Å²) in [4.78, 5) is 14.6. The van der Waals surface area contributed by atoms with Gasteiger partial charge in [-0.3, -0.25) is 5.32 Å². The lowest BCUT2D eigenvalue weighted by Crippen LogP contribution is -2.34. The first-order chi connectivity index (χ1) is 8.56. The zero-order valence-corrected chi connectivity index (χ0v) is 10.3.